The van der Waals surface area contributed by atoms with Gasteiger partial charge in [0.25, 0.3) is 0 Å². The zero-order valence-corrected chi connectivity index (χ0v) is 18.3. The Balaban J connectivity index is 1.53. The SMILES string of the molecule is CCN(CC)CCCCC(NC(=O)OCC1c2ccccc2-c2ccccc21)C(=O)O. The number of nitrogens with zero attached hydrogens (tertiary/aromatic N) is 1. The predicted molar refractivity (Wildman–Crippen MR) is 121 cm³/mol. The molecule has 1 unspecified atom stereocenters. The second kappa shape index (κ2) is 11.0. The Morgan fingerprint density at radius 2 is 1.58 bits per heavy atom. The van der Waals surface area contributed by atoms with E-state index in [0.717, 1.165) is 54.7 Å². The van der Waals surface area contributed by atoms with Crippen LogP contribution in [0.15, 0.2) is 48.5 Å². The first-order valence-corrected chi connectivity index (χ1v) is 11.1. The van der Waals surface area contributed by atoms with Crippen molar-refractivity contribution in [2.45, 2.75) is 45.1 Å². The third-order valence-corrected chi connectivity index (χ3v) is 6.05. The van der Waals surface area contributed by atoms with Gasteiger partial charge in [-0.05, 0) is 61.2 Å². The highest BCUT2D eigenvalue weighted by molar-refractivity contribution is 5.81. The lowest BCUT2D eigenvalue weighted by atomic mass is 9.98. The topological polar surface area (TPSA) is 78.9 Å². The summed E-state index contributed by atoms with van der Waals surface area (Å²) in [5.74, 6) is -1.08. The molecule has 0 heterocycles. The van der Waals surface area contributed by atoms with E-state index < -0.39 is 18.1 Å². The summed E-state index contributed by atoms with van der Waals surface area (Å²) in [6, 6.07) is 15.3. The van der Waals surface area contributed by atoms with Crippen LogP contribution in [0.4, 0.5) is 4.79 Å². The second-order valence-electron chi connectivity index (χ2n) is 7.88. The van der Waals surface area contributed by atoms with E-state index in [1.165, 1.54) is 0 Å². The number of rotatable bonds is 11. The molecular weight excluding hydrogens is 392 g/mol. The zero-order valence-electron chi connectivity index (χ0n) is 18.3. The average Bonchev–Trinajstić information content (AvgIpc) is 3.10. The molecule has 2 aromatic carbocycles. The summed E-state index contributed by atoms with van der Waals surface area (Å²) in [5, 5.41) is 12.0. The van der Waals surface area contributed by atoms with Crippen LogP contribution in [-0.2, 0) is 9.53 Å². The highest BCUT2D eigenvalue weighted by atomic mass is 16.5. The lowest BCUT2D eigenvalue weighted by Crippen LogP contribution is -2.41. The van der Waals surface area contributed by atoms with Crippen LogP contribution in [0.25, 0.3) is 11.1 Å². The summed E-state index contributed by atoms with van der Waals surface area (Å²) in [6.45, 7) is 7.30. The summed E-state index contributed by atoms with van der Waals surface area (Å²) in [7, 11) is 0. The van der Waals surface area contributed by atoms with Crippen molar-refractivity contribution in [3.05, 3.63) is 59.7 Å². The van der Waals surface area contributed by atoms with Gasteiger partial charge in [0.15, 0.2) is 0 Å². The number of ether oxygens (including phenoxy) is 1. The molecule has 0 fully saturated rings. The number of nitrogens with one attached hydrogen (secondary N) is 1. The van der Waals surface area contributed by atoms with Gasteiger partial charge in [-0.3, -0.25) is 0 Å². The monoisotopic (exact) mass is 424 g/mol. The molecule has 2 aromatic rings. The van der Waals surface area contributed by atoms with Crippen LogP contribution in [-0.4, -0.2) is 54.4 Å². The van der Waals surface area contributed by atoms with Crippen molar-refractivity contribution in [3.8, 4) is 11.1 Å². The number of carbonyl (C=O) groups excluding carboxylic acids is 1. The van der Waals surface area contributed by atoms with Gasteiger partial charge in [0, 0.05) is 5.92 Å². The first kappa shape index (κ1) is 22.8. The van der Waals surface area contributed by atoms with E-state index in [1.54, 1.807) is 0 Å². The maximum Gasteiger partial charge on any atom is 0.407 e. The zero-order chi connectivity index (χ0) is 22.2. The van der Waals surface area contributed by atoms with Crippen LogP contribution < -0.4 is 5.32 Å². The number of aliphatic carboxylic acids is 1. The van der Waals surface area contributed by atoms with Crippen LogP contribution in [0.2, 0.25) is 0 Å². The van der Waals surface area contributed by atoms with Crippen LogP contribution in [0, 0.1) is 0 Å². The van der Waals surface area contributed by atoms with Gasteiger partial charge >= 0.3 is 12.1 Å². The van der Waals surface area contributed by atoms with Crippen molar-refractivity contribution >= 4 is 12.1 Å². The van der Waals surface area contributed by atoms with Crippen LogP contribution in [0.5, 0.6) is 0 Å². The Labute approximate surface area is 184 Å². The lowest BCUT2D eigenvalue weighted by Gasteiger charge is -2.19. The van der Waals surface area contributed by atoms with Gasteiger partial charge in [0.2, 0.25) is 0 Å². The van der Waals surface area contributed by atoms with Gasteiger partial charge in [-0.25, -0.2) is 9.59 Å². The molecular formula is C25H32N2O4. The molecule has 0 saturated heterocycles. The number of hydrogen-bond donors (Lipinski definition) is 2. The van der Waals surface area contributed by atoms with E-state index in [9.17, 15) is 14.7 Å². The summed E-state index contributed by atoms with van der Waals surface area (Å²) in [4.78, 5) is 26.3. The molecule has 0 bridgehead atoms. The van der Waals surface area contributed by atoms with E-state index in [4.69, 9.17) is 4.74 Å². The van der Waals surface area contributed by atoms with Crippen molar-refractivity contribution in [2.24, 2.45) is 0 Å². The maximum absolute atomic E-state index is 12.4. The molecule has 1 amide bonds. The van der Waals surface area contributed by atoms with Gasteiger partial charge in [-0.1, -0.05) is 62.4 Å². The fraction of sp³-hybridized carbons (Fsp3) is 0.440. The van der Waals surface area contributed by atoms with Gasteiger partial charge in [0.05, 0.1) is 0 Å². The number of amides is 1. The Kier molecular flexibility index (Phi) is 8.06. The third-order valence-electron chi connectivity index (χ3n) is 6.05. The molecule has 6 heteroatoms. The molecule has 31 heavy (non-hydrogen) atoms. The molecule has 2 N–H and O–H groups in total. The summed E-state index contributed by atoms with van der Waals surface area (Å²) in [5.41, 5.74) is 4.57. The fourth-order valence-corrected chi connectivity index (χ4v) is 4.26. The van der Waals surface area contributed by atoms with Crippen molar-refractivity contribution < 1.29 is 19.4 Å². The third kappa shape index (κ3) is 5.64. The molecule has 1 atom stereocenters. The van der Waals surface area contributed by atoms with Crippen molar-refractivity contribution in [1.82, 2.24) is 10.2 Å². The number of carbonyl (C=O) groups is 2. The van der Waals surface area contributed by atoms with Gasteiger partial charge in [0.1, 0.15) is 12.6 Å². The number of benzene rings is 2. The van der Waals surface area contributed by atoms with Crippen molar-refractivity contribution in [1.29, 1.82) is 0 Å². The molecule has 0 aliphatic heterocycles. The molecule has 0 radical (unpaired) electrons. The minimum Gasteiger partial charge on any atom is -0.480 e. The smallest absolute Gasteiger partial charge is 0.407 e. The number of carboxylic acid groups (broad SMARTS) is 1. The Morgan fingerprint density at radius 1 is 1.00 bits per heavy atom. The first-order chi connectivity index (χ1) is 15.0. The maximum atomic E-state index is 12.4. The minimum atomic E-state index is -1.03. The van der Waals surface area contributed by atoms with E-state index in [1.807, 2.05) is 24.3 Å². The van der Waals surface area contributed by atoms with E-state index in [2.05, 4.69) is 48.3 Å². The van der Waals surface area contributed by atoms with Crippen LogP contribution in [0.1, 0.15) is 50.2 Å². The van der Waals surface area contributed by atoms with Gasteiger partial charge in [-0.15, -0.1) is 0 Å². The average molecular weight is 425 g/mol. The molecule has 0 saturated carbocycles. The van der Waals surface area contributed by atoms with Crippen molar-refractivity contribution in [3.63, 3.8) is 0 Å². The number of hydrogen-bond acceptors (Lipinski definition) is 4. The van der Waals surface area contributed by atoms with Crippen LogP contribution >= 0.6 is 0 Å². The van der Waals surface area contributed by atoms with Gasteiger partial charge in [-0.2, -0.15) is 0 Å². The molecule has 0 aromatic heterocycles. The van der Waals surface area contributed by atoms with E-state index in [0.29, 0.717) is 6.42 Å². The fourth-order valence-electron chi connectivity index (χ4n) is 4.26. The van der Waals surface area contributed by atoms with Gasteiger partial charge < -0.3 is 20.1 Å². The Bertz CT molecular complexity index is 849. The Hall–Kier alpha value is -2.86. The summed E-state index contributed by atoms with van der Waals surface area (Å²) < 4.78 is 5.48. The standard InChI is InChI=1S/C25H32N2O4/c1-3-27(4-2)16-10-9-15-23(24(28)29)26-25(30)31-17-22-20-13-7-5-11-18(20)19-12-6-8-14-21(19)22/h5-8,11-14,22-23H,3-4,9-10,15-17H2,1-2H3,(H,26,30)(H,28,29). The Morgan fingerprint density at radius 3 is 2.13 bits per heavy atom. The first-order valence-electron chi connectivity index (χ1n) is 11.1. The molecule has 6 nitrogen and oxygen atoms in total. The second-order valence-corrected chi connectivity index (χ2v) is 7.88. The molecule has 0 spiro atoms. The van der Waals surface area contributed by atoms with E-state index >= 15 is 0 Å². The van der Waals surface area contributed by atoms with Crippen molar-refractivity contribution in [2.75, 3.05) is 26.2 Å². The quantitative estimate of drug-likeness (QED) is 0.520. The molecule has 1 aliphatic carbocycles. The molecule has 3 rings (SSSR count). The number of unbranched alkanes of at least 4 members (excludes halogenated alkanes) is 1. The largest absolute Gasteiger partial charge is 0.480 e. The highest BCUT2D eigenvalue weighted by Gasteiger charge is 2.29. The predicted octanol–water partition coefficient (Wildman–Crippen LogP) is 4.49. The highest BCUT2D eigenvalue weighted by Crippen LogP contribution is 2.44. The van der Waals surface area contributed by atoms with Crippen LogP contribution in [0.3, 0.4) is 0 Å². The summed E-state index contributed by atoms with van der Waals surface area (Å²) in [6.07, 6.45) is 1.34. The number of fused-ring (bicyclic) bond motifs is 3. The minimum absolute atomic E-state index is 0.0458. The summed E-state index contributed by atoms with van der Waals surface area (Å²) >= 11 is 0. The number of alkyl carbamates (subject to hydrolysis) is 1. The molecule has 166 valence electrons. The number of carboxylic acids is 1. The normalized spacial score (nSPS) is 13.5. The molecule has 1 aliphatic rings. The lowest BCUT2D eigenvalue weighted by molar-refractivity contribution is -0.139. The van der Waals surface area contributed by atoms with E-state index in [-0.39, 0.29) is 12.5 Å².